The molecular formula is C18H25ClFN3OS. The highest BCUT2D eigenvalue weighted by Crippen LogP contribution is 2.38. The van der Waals surface area contributed by atoms with Gasteiger partial charge in [-0.3, -0.25) is 9.78 Å². The summed E-state index contributed by atoms with van der Waals surface area (Å²) < 4.78 is 16.2. The normalized spacial score (nSPS) is 15.8. The number of hydrogen-bond acceptors (Lipinski definition) is 3. The summed E-state index contributed by atoms with van der Waals surface area (Å²) in [5, 5.41) is 14.6. The fourth-order valence-electron chi connectivity index (χ4n) is 2.86. The number of nitrogens with zero attached hydrogens (tertiary/aromatic N) is 2. The van der Waals surface area contributed by atoms with Crippen molar-refractivity contribution in [3.8, 4) is 0 Å². The molecule has 2 aromatic rings. The van der Waals surface area contributed by atoms with Gasteiger partial charge in [-0.2, -0.15) is 0 Å². The third-order valence-electron chi connectivity index (χ3n) is 4.92. The molecule has 2 rings (SSSR count). The lowest BCUT2D eigenvalue weighted by atomic mass is 9.72. The molecule has 0 aliphatic rings. The second-order valence-electron chi connectivity index (χ2n) is 7.64. The smallest absolute Gasteiger partial charge is 0.215 e. The number of benzene rings is 1. The maximum absolute atomic E-state index is 14.1. The maximum Gasteiger partial charge on any atom is 0.215 e. The summed E-state index contributed by atoms with van der Waals surface area (Å²) >= 11 is 11.0. The summed E-state index contributed by atoms with van der Waals surface area (Å²) in [6, 6.07) is 4.73. The van der Waals surface area contributed by atoms with E-state index >= 15 is 0 Å². The summed E-state index contributed by atoms with van der Waals surface area (Å²) in [6.07, 6.45) is 2.64. The molecule has 4 nitrogen and oxygen atoms in total. The molecule has 7 heteroatoms. The highest BCUT2D eigenvalue weighted by Gasteiger charge is 2.40. The Morgan fingerprint density at radius 3 is 2.60 bits per heavy atom. The summed E-state index contributed by atoms with van der Waals surface area (Å²) in [5.41, 5.74) is -0.793. The van der Waals surface area contributed by atoms with Crippen LogP contribution in [0.4, 0.5) is 4.39 Å². The zero-order chi connectivity index (χ0) is 18.8. The summed E-state index contributed by atoms with van der Waals surface area (Å²) in [7, 11) is 0. The van der Waals surface area contributed by atoms with E-state index in [1.54, 1.807) is 16.8 Å². The van der Waals surface area contributed by atoms with Gasteiger partial charge >= 0.3 is 0 Å². The van der Waals surface area contributed by atoms with Gasteiger partial charge in [0.1, 0.15) is 12.1 Å². The van der Waals surface area contributed by atoms with E-state index in [2.05, 4.69) is 10.1 Å². The van der Waals surface area contributed by atoms with Crippen LogP contribution in [0.15, 0.2) is 24.5 Å². The van der Waals surface area contributed by atoms with E-state index in [-0.39, 0.29) is 17.2 Å². The predicted molar refractivity (Wildman–Crippen MR) is 101 cm³/mol. The molecule has 25 heavy (non-hydrogen) atoms. The van der Waals surface area contributed by atoms with E-state index in [9.17, 15) is 9.50 Å². The first kappa shape index (κ1) is 20.1. The van der Waals surface area contributed by atoms with E-state index in [0.717, 1.165) is 0 Å². The first-order chi connectivity index (χ1) is 11.5. The van der Waals surface area contributed by atoms with Crippen LogP contribution in [0.5, 0.6) is 0 Å². The molecule has 2 unspecified atom stereocenters. The fraction of sp³-hybridized carbons (Fsp3) is 0.556. The van der Waals surface area contributed by atoms with Crippen molar-refractivity contribution >= 4 is 23.8 Å². The van der Waals surface area contributed by atoms with Crippen molar-refractivity contribution in [1.29, 1.82) is 0 Å². The molecule has 0 fully saturated rings. The third kappa shape index (κ3) is 4.68. The van der Waals surface area contributed by atoms with E-state index in [1.165, 1.54) is 12.4 Å². The lowest BCUT2D eigenvalue weighted by molar-refractivity contribution is -0.0822. The van der Waals surface area contributed by atoms with E-state index in [4.69, 9.17) is 23.8 Å². The highest BCUT2D eigenvalue weighted by molar-refractivity contribution is 7.71. The topological polar surface area (TPSA) is 53.8 Å². The second kappa shape index (κ2) is 7.56. The van der Waals surface area contributed by atoms with Crippen molar-refractivity contribution < 1.29 is 9.50 Å². The van der Waals surface area contributed by atoms with Gasteiger partial charge in [-0.1, -0.05) is 45.4 Å². The van der Waals surface area contributed by atoms with Crippen LogP contribution in [-0.4, -0.2) is 25.5 Å². The summed E-state index contributed by atoms with van der Waals surface area (Å²) in [5.74, 6) is -0.351. The molecule has 0 bridgehead atoms. The maximum atomic E-state index is 14.1. The minimum Gasteiger partial charge on any atom is -0.387 e. The van der Waals surface area contributed by atoms with Crippen LogP contribution < -0.4 is 0 Å². The van der Waals surface area contributed by atoms with Crippen molar-refractivity contribution in [1.82, 2.24) is 14.8 Å². The standard InChI is InChI=1S/C18H25ClFN3OS/c1-12(14-6-5-13(19)9-15(14)20)7-8-18(24,17(2,3)4)10-23-16(25)21-11-22-23/h5-6,9,11-12,24H,7-8,10H2,1-4H3,(H,21,22,25). The molecular weight excluding hydrogens is 361 g/mol. The quantitative estimate of drug-likeness (QED) is 0.680. The first-order valence-corrected chi connectivity index (χ1v) is 9.10. The van der Waals surface area contributed by atoms with Crippen molar-refractivity contribution in [3.63, 3.8) is 0 Å². The van der Waals surface area contributed by atoms with Crippen LogP contribution >= 0.6 is 23.8 Å². The Labute approximate surface area is 158 Å². The van der Waals surface area contributed by atoms with E-state index in [1.807, 2.05) is 27.7 Å². The SMILES string of the molecule is CC(CCC(O)(Cn1[nH]cnc1=S)C(C)(C)C)c1ccc(Cl)cc1F. The molecule has 1 heterocycles. The number of aliphatic hydroxyl groups is 1. The predicted octanol–water partition coefficient (Wildman–Crippen LogP) is 5.09. The fourth-order valence-corrected chi connectivity index (χ4v) is 3.19. The van der Waals surface area contributed by atoms with Gasteiger partial charge in [-0.15, -0.1) is 0 Å². The number of H-pyrrole nitrogens is 1. The largest absolute Gasteiger partial charge is 0.387 e. The molecule has 0 saturated heterocycles. The minimum absolute atomic E-state index is 0.0409. The van der Waals surface area contributed by atoms with Gasteiger partial charge in [-0.05, 0) is 54.1 Å². The molecule has 0 spiro atoms. The van der Waals surface area contributed by atoms with Crippen LogP contribution in [0, 0.1) is 16.0 Å². The minimum atomic E-state index is -1.02. The molecule has 0 aliphatic heterocycles. The first-order valence-electron chi connectivity index (χ1n) is 8.31. The number of aromatic amines is 1. The zero-order valence-electron chi connectivity index (χ0n) is 15.0. The molecule has 0 amide bonds. The third-order valence-corrected chi connectivity index (χ3v) is 5.48. The zero-order valence-corrected chi connectivity index (χ0v) is 16.6. The van der Waals surface area contributed by atoms with Gasteiger partial charge in [0.2, 0.25) is 4.77 Å². The summed E-state index contributed by atoms with van der Waals surface area (Å²) in [4.78, 5) is 3.99. The Morgan fingerprint density at radius 2 is 2.08 bits per heavy atom. The Morgan fingerprint density at radius 1 is 1.40 bits per heavy atom. The van der Waals surface area contributed by atoms with Crippen molar-refractivity contribution in [2.24, 2.45) is 5.41 Å². The van der Waals surface area contributed by atoms with Crippen LogP contribution in [0.1, 0.15) is 52.0 Å². The van der Waals surface area contributed by atoms with Gasteiger partial charge in [0, 0.05) is 5.02 Å². The molecule has 0 aliphatic carbocycles. The van der Waals surface area contributed by atoms with Gasteiger partial charge in [-0.25, -0.2) is 9.37 Å². The van der Waals surface area contributed by atoms with E-state index in [0.29, 0.717) is 34.7 Å². The Hall–Kier alpha value is -1.24. The Balaban J connectivity index is 2.17. The number of aromatic nitrogens is 3. The number of nitrogens with one attached hydrogen (secondary N) is 1. The monoisotopic (exact) mass is 385 g/mol. The molecule has 2 atom stereocenters. The van der Waals surface area contributed by atoms with Crippen LogP contribution in [0.25, 0.3) is 0 Å². The van der Waals surface area contributed by atoms with Crippen LogP contribution in [-0.2, 0) is 6.54 Å². The second-order valence-corrected chi connectivity index (χ2v) is 8.44. The lowest BCUT2D eigenvalue weighted by Crippen LogP contribution is -2.47. The number of halogens is 2. The molecule has 1 aromatic heterocycles. The van der Waals surface area contributed by atoms with Crippen LogP contribution in [0.3, 0.4) is 0 Å². The summed E-state index contributed by atoms with van der Waals surface area (Å²) in [6.45, 7) is 8.23. The Kier molecular flexibility index (Phi) is 6.07. The van der Waals surface area contributed by atoms with Gasteiger partial charge < -0.3 is 5.11 Å². The van der Waals surface area contributed by atoms with Crippen LogP contribution in [0.2, 0.25) is 5.02 Å². The van der Waals surface area contributed by atoms with Gasteiger partial charge in [0.25, 0.3) is 0 Å². The number of hydrogen-bond donors (Lipinski definition) is 2. The van der Waals surface area contributed by atoms with Crippen molar-refractivity contribution in [3.05, 3.63) is 45.7 Å². The molecule has 2 N–H and O–H groups in total. The molecule has 0 radical (unpaired) electrons. The molecule has 138 valence electrons. The molecule has 0 saturated carbocycles. The Bertz CT molecular complexity index is 783. The number of rotatable bonds is 6. The van der Waals surface area contributed by atoms with Crippen molar-refractivity contribution in [2.75, 3.05) is 0 Å². The van der Waals surface area contributed by atoms with E-state index < -0.39 is 5.60 Å². The molecule has 1 aromatic carbocycles. The highest BCUT2D eigenvalue weighted by atomic mass is 35.5. The van der Waals surface area contributed by atoms with Crippen molar-refractivity contribution in [2.45, 2.75) is 58.6 Å². The van der Waals surface area contributed by atoms with Gasteiger partial charge in [0.05, 0.1) is 12.1 Å². The average molecular weight is 386 g/mol. The van der Waals surface area contributed by atoms with Gasteiger partial charge in [0.15, 0.2) is 0 Å². The lowest BCUT2D eigenvalue weighted by Gasteiger charge is -2.41. The average Bonchev–Trinajstić information content (AvgIpc) is 2.89.